The Kier molecular flexibility index (Phi) is 4.25. The molecule has 2 atom stereocenters. The summed E-state index contributed by atoms with van der Waals surface area (Å²) in [7, 11) is 0. The molecule has 0 aromatic heterocycles. The molecule has 0 amide bonds. The highest BCUT2D eigenvalue weighted by Crippen LogP contribution is 2.28. The summed E-state index contributed by atoms with van der Waals surface area (Å²) >= 11 is 3.41. The Morgan fingerprint density at radius 1 is 1.25 bits per heavy atom. The van der Waals surface area contributed by atoms with E-state index in [1.807, 2.05) is 18.2 Å². The van der Waals surface area contributed by atoms with Gasteiger partial charge in [-0.15, -0.1) is 0 Å². The molecule has 20 heavy (non-hydrogen) atoms. The molecule has 0 radical (unpaired) electrons. The van der Waals surface area contributed by atoms with Crippen LogP contribution in [0, 0.1) is 11.3 Å². The van der Waals surface area contributed by atoms with Crippen molar-refractivity contribution in [2.24, 2.45) is 0 Å². The maximum atomic E-state index is 9.30. The van der Waals surface area contributed by atoms with Crippen molar-refractivity contribution in [3.8, 4) is 6.07 Å². The third-order valence-electron chi connectivity index (χ3n) is 3.89. The second-order valence-corrected chi connectivity index (χ2v) is 6.10. The van der Waals surface area contributed by atoms with Crippen LogP contribution in [-0.2, 0) is 9.47 Å². The van der Waals surface area contributed by atoms with Gasteiger partial charge in [0.25, 0.3) is 0 Å². The van der Waals surface area contributed by atoms with Crippen LogP contribution in [0.1, 0.15) is 18.4 Å². The van der Waals surface area contributed by atoms with Gasteiger partial charge in [-0.3, -0.25) is 0 Å². The lowest BCUT2D eigenvalue weighted by Gasteiger charge is -2.37. The van der Waals surface area contributed by atoms with Gasteiger partial charge in [0.2, 0.25) is 0 Å². The van der Waals surface area contributed by atoms with E-state index in [9.17, 15) is 5.26 Å². The Labute approximate surface area is 127 Å². The van der Waals surface area contributed by atoms with Gasteiger partial charge in [0, 0.05) is 24.2 Å². The lowest BCUT2D eigenvalue weighted by atomic mass is 10.1. The van der Waals surface area contributed by atoms with E-state index < -0.39 is 0 Å². The average Bonchev–Trinajstić information content (AvgIpc) is 3.01. The zero-order chi connectivity index (χ0) is 13.9. The number of morpholine rings is 1. The second kappa shape index (κ2) is 6.13. The standard InChI is InChI=1S/C15H17BrN2O2/c16-12-3-4-13(11(8-12)9-17)18-5-7-20-15(10-18)14-2-1-6-19-14/h3-4,8,14-15H,1-2,5-7,10H2/t14-,15+/m0/s1. The predicted molar refractivity (Wildman–Crippen MR) is 79.8 cm³/mol. The lowest BCUT2D eigenvalue weighted by Crippen LogP contribution is -2.47. The summed E-state index contributed by atoms with van der Waals surface area (Å²) in [6, 6.07) is 8.12. The zero-order valence-corrected chi connectivity index (χ0v) is 12.8. The van der Waals surface area contributed by atoms with Gasteiger partial charge in [-0.1, -0.05) is 15.9 Å². The minimum absolute atomic E-state index is 0.112. The summed E-state index contributed by atoms with van der Waals surface area (Å²) in [6.07, 6.45) is 2.51. The Hall–Kier alpha value is -1.09. The van der Waals surface area contributed by atoms with Crippen molar-refractivity contribution in [1.29, 1.82) is 5.26 Å². The van der Waals surface area contributed by atoms with Crippen molar-refractivity contribution in [3.63, 3.8) is 0 Å². The van der Waals surface area contributed by atoms with Gasteiger partial charge >= 0.3 is 0 Å². The highest BCUT2D eigenvalue weighted by Gasteiger charge is 2.31. The quantitative estimate of drug-likeness (QED) is 0.832. The summed E-state index contributed by atoms with van der Waals surface area (Å²) in [4.78, 5) is 2.24. The average molecular weight is 337 g/mol. The van der Waals surface area contributed by atoms with Gasteiger partial charge in [0.15, 0.2) is 0 Å². The van der Waals surface area contributed by atoms with Crippen LogP contribution in [0.2, 0.25) is 0 Å². The van der Waals surface area contributed by atoms with Crippen LogP contribution in [-0.4, -0.2) is 38.5 Å². The van der Waals surface area contributed by atoms with Crippen LogP contribution in [0.4, 0.5) is 5.69 Å². The number of ether oxygens (including phenoxy) is 2. The number of halogens is 1. The van der Waals surface area contributed by atoms with Crippen LogP contribution in [0.3, 0.4) is 0 Å². The molecular weight excluding hydrogens is 320 g/mol. The number of anilines is 1. The Bertz CT molecular complexity index is 523. The lowest BCUT2D eigenvalue weighted by molar-refractivity contribution is -0.0543. The zero-order valence-electron chi connectivity index (χ0n) is 11.2. The maximum Gasteiger partial charge on any atom is 0.101 e. The van der Waals surface area contributed by atoms with Crippen LogP contribution in [0.15, 0.2) is 22.7 Å². The molecule has 5 heteroatoms. The molecule has 4 nitrogen and oxygen atoms in total. The molecule has 2 aliphatic heterocycles. The molecular formula is C15H17BrN2O2. The number of nitrogens with zero attached hydrogens (tertiary/aromatic N) is 2. The van der Waals surface area contributed by atoms with Gasteiger partial charge in [-0.05, 0) is 31.0 Å². The molecule has 0 N–H and O–H groups in total. The van der Waals surface area contributed by atoms with Gasteiger partial charge < -0.3 is 14.4 Å². The molecule has 0 spiro atoms. The van der Waals surface area contributed by atoms with E-state index in [1.165, 1.54) is 0 Å². The van der Waals surface area contributed by atoms with Gasteiger partial charge in [0.1, 0.15) is 12.2 Å². The number of hydrogen-bond acceptors (Lipinski definition) is 4. The molecule has 1 aromatic carbocycles. The smallest absolute Gasteiger partial charge is 0.101 e. The molecule has 2 fully saturated rings. The molecule has 106 valence electrons. The largest absolute Gasteiger partial charge is 0.375 e. The first-order valence-corrected chi connectivity index (χ1v) is 7.75. The highest BCUT2D eigenvalue weighted by atomic mass is 79.9. The monoisotopic (exact) mass is 336 g/mol. The molecule has 1 aromatic rings. The molecule has 2 saturated heterocycles. The van der Waals surface area contributed by atoms with Crippen molar-refractivity contribution >= 4 is 21.6 Å². The topological polar surface area (TPSA) is 45.5 Å². The van der Waals surface area contributed by atoms with E-state index in [4.69, 9.17) is 9.47 Å². The maximum absolute atomic E-state index is 9.30. The number of benzene rings is 1. The fraction of sp³-hybridized carbons (Fsp3) is 0.533. The first-order chi connectivity index (χ1) is 9.78. The summed E-state index contributed by atoms with van der Waals surface area (Å²) in [5, 5.41) is 9.30. The van der Waals surface area contributed by atoms with E-state index >= 15 is 0 Å². The molecule has 0 bridgehead atoms. The number of rotatable bonds is 2. The third kappa shape index (κ3) is 2.83. The SMILES string of the molecule is N#Cc1cc(Br)ccc1N1CCO[C@@H]([C@@H]2CCCO2)C1. The first-order valence-electron chi connectivity index (χ1n) is 6.96. The molecule has 2 heterocycles. The third-order valence-corrected chi connectivity index (χ3v) is 4.39. The minimum Gasteiger partial charge on any atom is -0.375 e. The predicted octanol–water partition coefficient (Wildman–Crippen LogP) is 2.70. The molecule has 0 aliphatic carbocycles. The molecule has 0 unspecified atom stereocenters. The van der Waals surface area contributed by atoms with Crippen LogP contribution < -0.4 is 4.90 Å². The van der Waals surface area contributed by atoms with Crippen molar-refractivity contribution in [1.82, 2.24) is 0 Å². The number of nitriles is 1. The van der Waals surface area contributed by atoms with Crippen molar-refractivity contribution in [2.45, 2.75) is 25.0 Å². The number of hydrogen-bond donors (Lipinski definition) is 0. The molecule has 3 rings (SSSR count). The Balaban J connectivity index is 1.78. The summed E-state index contributed by atoms with van der Waals surface area (Å²) in [6.45, 7) is 3.14. The van der Waals surface area contributed by atoms with Gasteiger partial charge in [-0.25, -0.2) is 0 Å². The first kappa shape index (κ1) is 13.9. The van der Waals surface area contributed by atoms with E-state index in [-0.39, 0.29) is 12.2 Å². The fourth-order valence-corrected chi connectivity index (χ4v) is 3.25. The van der Waals surface area contributed by atoms with E-state index in [1.54, 1.807) is 0 Å². The van der Waals surface area contributed by atoms with E-state index in [0.29, 0.717) is 12.2 Å². The fourth-order valence-electron chi connectivity index (χ4n) is 2.89. The highest BCUT2D eigenvalue weighted by molar-refractivity contribution is 9.10. The Morgan fingerprint density at radius 3 is 2.85 bits per heavy atom. The van der Waals surface area contributed by atoms with E-state index in [0.717, 1.165) is 42.7 Å². The van der Waals surface area contributed by atoms with Gasteiger partial charge in [0.05, 0.1) is 24.0 Å². The minimum atomic E-state index is 0.112. The van der Waals surface area contributed by atoms with Gasteiger partial charge in [-0.2, -0.15) is 5.26 Å². The summed E-state index contributed by atoms with van der Waals surface area (Å²) in [5.41, 5.74) is 1.69. The van der Waals surface area contributed by atoms with E-state index in [2.05, 4.69) is 26.9 Å². The van der Waals surface area contributed by atoms with Crippen molar-refractivity contribution in [2.75, 3.05) is 31.2 Å². The normalized spacial score (nSPS) is 26.5. The van der Waals surface area contributed by atoms with Crippen molar-refractivity contribution in [3.05, 3.63) is 28.2 Å². The van der Waals surface area contributed by atoms with Crippen molar-refractivity contribution < 1.29 is 9.47 Å². The summed E-state index contributed by atoms with van der Waals surface area (Å²) < 4.78 is 12.5. The van der Waals surface area contributed by atoms with Crippen LogP contribution in [0.25, 0.3) is 0 Å². The molecule has 0 saturated carbocycles. The van der Waals surface area contributed by atoms with Crippen LogP contribution >= 0.6 is 15.9 Å². The van der Waals surface area contributed by atoms with Crippen LogP contribution in [0.5, 0.6) is 0 Å². The Morgan fingerprint density at radius 2 is 2.10 bits per heavy atom. The molecule has 2 aliphatic rings. The summed E-state index contributed by atoms with van der Waals surface area (Å²) in [5.74, 6) is 0. The second-order valence-electron chi connectivity index (χ2n) is 5.18.